The van der Waals surface area contributed by atoms with Crippen LogP contribution in [0.25, 0.3) is 0 Å². The van der Waals surface area contributed by atoms with E-state index in [1.807, 2.05) is 4.90 Å². The fourth-order valence-corrected chi connectivity index (χ4v) is 2.44. The highest BCUT2D eigenvalue weighted by molar-refractivity contribution is 6.33. The number of aromatic nitrogens is 1. The highest BCUT2D eigenvalue weighted by Crippen LogP contribution is 2.24. The van der Waals surface area contributed by atoms with Gasteiger partial charge in [0.2, 0.25) is 0 Å². The number of anilines is 1. The molecule has 1 unspecified atom stereocenters. The van der Waals surface area contributed by atoms with Crippen LogP contribution in [-0.2, 0) is 0 Å². The van der Waals surface area contributed by atoms with Crippen molar-refractivity contribution in [3.63, 3.8) is 0 Å². The van der Waals surface area contributed by atoms with Crippen LogP contribution in [0.4, 0.5) is 5.82 Å². The summed E-state index contributed by atoms with van der Waals surface area (Å²) in [5.41, 5.74) is 0.535. The molecule has 4 nitrogen and oxygen atoms in total. The Labute approximate surface area is 112 Å². The zero-order chi connectivity index (χ0) is 13.1. The van der Waals surface area contributed by atoms with Crippen molar-refractivity contribution in [1.29, 1.82) is 0 Å². The Morgan fingerprint density at radius 1 is 1.67 bits per heavy atom. The highest BCUT2D eigenvalue weighted by Gasteiger charge is 2.27. The smallest absolute Gasteiger partial charge is 0.255 e. The first-order chi connectivity index (χ1) is 8.65. The molecule has 1 aromatic heterocycles. The van der Waals surface area contributed by atoms with Crippen LogP contribution in [0, 0.1) is 5.92 Å². The van der Waals surface area contributed by atoms with E-state index >= 15 is 0 Å². The van der Waals surface area contributed by atoms with E-state index in [2.05, 4.69) is 17.2 Å². The predicted molar refractivity (Wildman–Crippen MR) is 73.1 cm³/mol. The van der Waals surface area contributed by atoms with Crippen LogP contribution in [0.15, 0.2) is 12.3 Å². The molecule has 2 rings (SSSR count). The van der Waals surface area contributed by atoms with E-state index in [0.717, 1.165) is 25.9 Å². The number of rotatable bonds is 3. The lowest BCUT2D eigenvalue weighted by atomic mass is 10.1. The molecule has 18 heavy (non-hydrogen) atoms. The van der Waals surface area contributed by atoms with Crippen molar-refractivity contribution < 1.29 is 4.79 Å². The quantitative estimate of drug-likeness (QED) is 0.916. The van der Waals surface area contributed by atoms with Crippen LogP contribution in [0.1, 0.15) is 30.1 Å². The number of hydrogen-bond donors (Lipinski definition) is 1. The second kappa shape index (κ2) is 5.57. The average Bonchev–Trinajstić information content (AvgIpc) is 2.87. The molecule has 0 spiro atoms. The second-order valence-electron chi connectivity index (χ2n) is 4.61. The van der Waals surface area contributed by atoms with Crippen LogP contribution in [0.5, 0.6) is 0 Å². The fourth-order valence-electron chi connectivity index (χ4n) is 2.26. The van der Waals surface area contributed by atoms with Crippen molar-refractivity contribution in [2.24, 2.45) is 5.92 Å². The summed E-state index contributed by atoms with van der Waals surface area (Å²) < 4.78 is 0. The van der Waals surface area contributed by atoms with E-state index in [1.165, 1.54) is 6.20 Å². The largest absolute Gasteiger partial charge is 0.373 e. The Balaban J connectivity index is 2.18. The molecule has 0 aliphatic carbocycles. The van der Waals surface area contributed by atoms with Gasteiger partial charge in [-0.1, -0.05) is 24.9 Å². The van der Waals surface area contributed by atoms with E-state index in [-0.39, 0.29) is 5.91 Å². The maximum absolute atomic E-state index is 12.4. The zero-order valence-electron chi connectivity index (χ0n) is 10.7. The minimum atomic E-state index is 0.00912. The Bertz CT molecular complexity index is 450. The van der Waals surface area contributed by atoms with E-state index in [0.29, 0.717) is 22.3 Å². The Morgan fingerprint density at radius 3 is 3.06 bits per heavy atom. The van der Waals surface area contributed by atoms with Crippen molar-refractivity contribution in [3.05, 3.63) is 22.8 Å². The minimum Gasteiger partial charge on any atom is -0.373 e. The number of nitrogens with zero attached hydrogens (tertiary/aromatic N) is 2. The number of halogens is 1. The predicted octanol–water partition coefficient (Wildman–Crippen LogP) is 2.65. The Morgan fingerprint density at radius 2 is 2.44 bits per heavy atom. The monoisotopic (exact) mass is 267 g/mol. The molecular weight excluding hydrogens is 250 g/mol. The first-order valence-electron chi connectivity index (χ1n) is 6.28. The van der Waals surface area contributed by atoms with Crippen molar-refractivity contribution in [3.8, 4) is 0 Å². The lowest BCUT2D eigenvalue weighted by Gasteiger charge is -2.17. The summed E-state index contributed by atoms with van der Waals surface area (Å²) in [6, 6.07) is 1.71. The van der Waals surface area contributed by atoms with Gasteiger partial charge in [0.05, 0.1) is 10.6 Å². The van der Waals surface area contributed by atoms with Crippen LogP contribution in [-0.4, -0.2) is 35.9 Å². The normalized spacial score (nSPS) is 19.1. The van der Waals surface area contributed by atoms with Gasteiger partial charge in [-0.15, -0.1) is 0 Å². The average molecular weight is 268 g/mol. The summed E-state index contributed by atoms with van der Waals surface area (Å²) in [6.45, 7) is 3.82. The van der Waals surface area contributed by atoms with Crippen molar-refractivity contribution in [2.45, 2.75) is 19.8 Å². The van der Waals surface area contributed by atoms with Gasteiger partial charge in [-0.05, 0) is 18.4 Å². The molecule has 0 bridgehead atoms. The summed E-state index contributed by atoms with van der Waals surface area (Å²) in [6.07, 6.45) is 3.73. The SMILES string of the molecule is CCC1CCN(C(=O)c2cc(NC)ncc2Cl)C1. The van der Waals surface area contributed by atoms with Crippen LogP contribution >= 0.6 is 11.6 Å². The third-order valence-corrected chi connectivity index (χ3v) is 3.79. The molecule has 1 atom stereocenters. The number of hydrogen-bond acceptors (Lipinski definition) is 3. The molecule has 2 heterocycles. The van der Waals surface area contributed by atoms with Crippen molar-refractivity contribution in [1.82, 2.24) is 9.88 Å². The first-order valence-corrected chi connectivity index (χ1v) is 6.66. The number of amides is 1. The van der Waals surface area contributed by atoms with Gasteiger partial charge in [-0.2, -0.15) is 0 Å². The van der Waals surface area contributed by atoms with Gasteiger partial charge in [0.15, 0.2) is 0 Å². The molecule has 1 aromatic rings. The van der Waals surface area contributed by atoms with Crippen LogP contribution < -0.4 is 5.32 Å². The van der Waals surface area contributed by atoms with Gasteiger partial charge >= 0.3 is 0 Å². The van der Waals surface area contributed by atoms with Crippen molar-refractivity contribution >= 4 is 23.3 Å². The van der Waals surface area contributed by atoms with Gasteiger partial charge in [0, 0.05) is 26.3 Å². The number of carbonyl (C=O) groups is 1. The van der Waals surface area contributed by atoms with E-state index in [9.17, 15) is 4.79 Å². The summed E-state index contributed by atoms with van der Waals surface area (Å²) in [5.74, 6) is 1.29. The van der Waals surface area contributed by atoms with Gasteiger partial charge in [0.25, 0.3) is 5.91 Å². The molecule has 1 fully saturated rings. The van der Waals surface area contributed by atoms with Gasteiger partial charge in [-0.25, -0.2) is 4.98 Å². The van der Waals surface area contributed by atoms with Crippen LogP contribution in [0.2, 0.25) is 5.02 Å². The lowest BCUT2D eigenvalue weighted by molar-refractivity contribution is 0.0787. The summed E-state index contributed by atoms with van der Waals surface area (Å²) in [7, 11) is 1.77. The number of carbonyl (C=O) groups excluding carboxylic acids is 1. The molecule has 0 radical (unpaired) electrons. The maximum Gasteiger partial charge on any atom is 0.255 e. The third kappa shape index (κ3) is 2.58. The molecule has 98 valence electrons. The molecule has 1 aliphatic heterocycles. The first kappa shape index (κ1) is 13.1. The maximum atomic E-state index is 12.4. The molecule has 0 aromatic carbocycles. The highest BCUT2D eigenvalue weighted by atomic mass is 35.5. The second-order valence-corrected chi connectivity index (χ2v) is 5.02. The lowest BCUT2D eigenvalue weighted by Crippen LogP contribution is -2.29. The number of pyridine rings is 1. The summed E-state index contributed by atoms with van der Waals surface area (Å²) >= 11 is 6.06. The molecule has 1 N–H and O–H groups in total. The number of nitrogens with one attached hydrogen (secondary N) is 1. The standard InChI is InChI=1S/C13H18ClN3O/c1-3-9-4-5-17(8-9)13(18)10-6-12(15-2)16-7-11(10)14/h6-7,9H,3-5,8H2,1-2H3,(H,15,16). The molecule has 1 aliphatic rings. The van der Waals surface area contributed by atoms with E-state index < -0.39 is 0 Å². The minimum absolute atomic E-state index is 0.00912. The molecular formula is C13H18ClN3O. The van der Waals surface area contributed by atoms with E-state index in [4.69, 9.17) is 11.6 Å². The summed E-state index contributed by atoms with van der Waals surface area (Å²) in [5, 5.41) is 3.34. The fraction of sp³-hybridized carbons (Fsp3) is 0.538. The van der Waals surface area contributed by atoms with Crippen molar-refractivity contribution in [2.75, 3.05) is 25.5 Å². The molecule has 1 amide bonds. The molecule has 0 saturated carbocycles. The zero-order valence-corrected chi connectivity index (χ0v) is 11.5. The van der Waals surface area contributed by atoms with Gasteiger partial charge < -0.3 is 10.2 Å². The number of likely N-dealkylation sites (tertiary alicyclic amines) is 1. The van der Waals surface area contributed by atoms with Gasteiger partial charge in [0.1, 0.15) is 5.82 Å². The summed E-state index contributed by atoms with van der Waals surface area (Å²) in [4.78, 5) is 18.4. The van der Waals surface area contributed by atoms with Crippen LogP contribution in [0.3, 0.4) is 0 Å². The third-order valence-electron chi connectivity index (χ3n) is 3.49. The molecule has 1 saturated heterocycles. The van der Waals surface area contributed by atoms with E-state index in [1.54, 1.807) is 13.1 Å². The molecule has 5 heteroatoms. The Hall–Kier alpha value is -1.29. The topological polar surface area (TPSA) is 45.2 Å². The Kier molecular flexibility index (Phi) is 4.07. The van der Waals surface area contributed by atoms with Gasteiger partial charge in [-0.3, -0.25) is 4.79 Å².